The topological polar surface area (TPSA) is 62.3 Å². The molecular weight excluding hydrogens is 358 g/mol. The number of ether oxygens (including phenoxy) is 2. The van der Waals surface area contributed by atoms with Gasteiger partial charge in [-0.1, -0.05) is 6.07 Å². The van der Waals surface area contributed by atoms with Crippen LogP contribution in [0.4, 0.5) is 4.79 Å². The highest BCUT2D eigenvalue weighted by atomic mass is 16.5. The Kier molecular flexibility index (Phi) is 7.96. The van der Waals surface area contributed by atoms with Crippen LogP contribution in [0.5, 0.6) is 11.5 Å². The van der Waals surface area contributed by atoms with E-state index in [2.05, 4.69) is 0 Å². The van der Waals surface area contributed by atoms with E-state index in [1.807, 2.05) is 48.9 Å². The number of nitrogens with zero attached hydrogens (tertiary/aromatic N) is 3. The molecule has 0 spiro atoms. The van der Waals surface area contributed by atoms with Crippen molar-refractivity contribution in [2.24, 2.45) is 5.92 Å². The minimum atomic E-state index is -0.0362. The third kappa shape index (κ3) is 5.09. The van der Waals surface area contributed by atoms with Crippen LogP contribution in [0.1, 0.15) is 32.3 Å². The predicted octanol–water partition coefficient (Wildman–Crippen LogP) is 2.84. The third-order valence-electron chi connectivity index (χ3n) is 5.39. The van der Waals surface area contributed by atoms with Crippen molar-refractivity contribution in [3.63, 3.8) is 0 Å². The average Bonchev–Trinajstić information content (AvgIpc) is 2.73. The number of rotatable bonds is 7. The molecule has 7 nitrogen and oxygen atoms in total. The maximum absolute atomic E-state index is 12.9. The summed E-state index contributed by atoms with van der Waals surface area (Å²) in [5, 5.41) is 0. The first-order valence-corrected chi connectivity index (χ1v) is 9.94. The molecule has 3 amide bonds. The zero-order valence-corrected chi connectivity index (χ0v) is 17.7. The second-order valence-electron chi connectivity index (χ2n) is 7.10. The van der Waals surface area contributed by atoms with Gasteiger partial charge in [0, 0.05) is 45.7 Å². The first kappa shape index (κ1) is 21.9. The van der Waals surface area contributed by atoms with Crippen molar-refractivity contribution in [3.8, 4) is 11.5 Å². The lowest BCUT2D eigenvalue weighted by Gasteiger charge is -2.35. The van der Waals surface area contributed by atoms with Gasteiger partial charge in [-0.2, -0.15) is 0 Å². The minimum Gasteiger partial charge on any atom is -0.493 e. The average molecular weight is 392 g/mol. The maximum Gasteiger partial charge on any atom is 0.319 e. The van der Waals surface area contributed by atoms with Crippen LogP contribution < -0.4 is 9.47 Å². The van der Waals surface area contributed by atoms with E-state index in [9.17, 15) is 9.59 Å². The molecule has 28 heavy (non-hydrogen) atoms. The van der Waals surface area contributed by atoms with E-state index in [1.165, 1.54) is 0 Å². The van der Waals surface area contributed by atoms with Gasteiger partial charge in [-0.25, -0.2) is 4.79 Å². The highest BCUT2D eigenvalue weighted by Gasteiger charge is 2.30. The molecule has 0 bridgehead atoms. The Hall–Kier alpha value is -2.44. The van der Waals surface area contributed by atoms with E-state index >= 15 is 0 Å². The van der Waals surface area contributed by atoms with E-state index in [0.717, 1.165) is 5.56 Å². The summed E-state index contributed by atoms with van der Waals surface area (Å²) in [5.74, 6) is 1.42. The number of carbonyl (C=O) groups is 2. The molecule has 1 aliphatic heterocycles. The first-order valence-electron chi connectivity index (χ1n) is 9.94. The standard InChI is InChI=1S/C21H33N3O4/c1-6-23(7-2)21(26)24-12-10-17(11-13-24)20(25)22(3)15-16-8-9-18(27-4)19(14-16)28-5/h8-9,14,17H,6-7,10-13,15H2,1-5H3. The minimum absolute atomic E-state index is 0.0362. The molecule has 0 saturated carbocycles. The molecule has 1 saturated heterocycles. The van der Waals surface area contributed by atoms with Gasteiger partial charge in [0.1, 0.15) is 0 Å². The highest BCUT2D eigenvalue weighted by molar-refractivity contribution is 5.79. The molecule has 1 heterocycles. The molecular formula is C21H33N3O4. The SMILES string of the molecule is CCN(CC)C(=O)N1CCC(C(=O)N(C)Cc2ccc(OC)c(OC)c2)CC1. The van der Waals surface area contributed by atoms with E-state index < -0.39 is 0 Å². The summed E-state index contributed by atoms with van der Waals surface area (Å²) in [6, 6.07) is 5.77. The number of hydrogen-bond acceptors (Lipinski definition) is 4. The number of piperidine rings is 1. The molecule has 0 unspecified atom stereocenters. The zero-order valence-electron chi connectivity index (χ0n) is 17.7. The summed E-state index contributed by atoms with van der Waals surface area (Å²) in [7, 11) is 5.03. The molecule has 156 valence electrons. The fourth-order valence-corrected chi connectivity index (χ4v) is 3.65. The van der Waals surface area contributed by atoms with Crippen LogP contribution in [0.2, 0.25) is 0 Å². The summed E-state index contributed by atoms with van der Waals surface area (Å²) >= 11 is 0. The van der Waals surface area contributed by atoms with Crippen molar-refractivity contribution in [2.45, 2.75) is 33.2 Å². The van der Waals surface area contributed by atoms with Crippen molar-refractivity contribution >= 4 is 11.9 Å². The largest absolute Gasteiger partial charge is 0.493 e. The summed E-state index contributed by atoms with van der Waals surface area (Å²) < 4.78 is 10.6. The number of hydrogen-bond donors (Lipinski definition) is 0. The van der Waals surface area contributed by atoms with Gasteiger partial charge in [0.2, 0.25) is 5.91 Å². The molecule has 1 aromatic rings. The van der Waals surface area contributed by atoms with Crippen molar-refractivity contribution in [1.29, 1.82) is 0 Å². The van der Waals surface area contributed by atoms with E-state index in [1.54, 1.807) is 19.1 Å². The molecule has 1 aromatic carbocycles. The van der Waals surface area contributed by atoms with Crippen molar-refractivity contribution in [2.75, 3.05) is 47.4 Å². The summed E-state index contributed by atoms with van der Waals surface area (Å²) in [6.07, 6.45) is 1.42. The van der Waals surface area contributed by atoms with Crippen LogP contribution in [-0.4, -0.2) is 74.1 Å². The molecule has 0 aliphatic carbocycles. The zero-order chi connectivity index (χ0) is 20.7. The Morgan fingerprint density at radius 2 is 1.68 bits per heavy atom. The summed E-state index contributed by atoms with van der Waals surface area (Å²) in [4.78, 5) is 30.8. The Labute approximate surface area is 168 Å². The number of amides is 3. The van der Waals surface area contributed by atoms with E-state index in [4.69, 9.17) is 9.47 Å². The van der Waals surface area contributed by atoms with Gasteiger partial charge in [0.05, 0.1) is 14.2 Å². The smallest absolute Gasteiger partial charge is 0.319 e. The van der Waals surface area contributed by atoms with Crippen molar-refractivity contribution in [1.82, 2.24) is 14.7 Å². The van der Waals surface area contributed by atoms with Crippen LogP contribution in [0.15, 0.2) is 18.2 Å². The Morgan fingerprint density at radius 1 is 1.07 bits per heavy atom. The van der Waals surface area contributed by atoms with Gasteiger partial charge in [-0.3, -0.25) is 4.79 Å². The predicted molar refractivity (Wildman–Crippen MR) is 109 cm³/mol. The Balaban J connectivity index is 1.92. The van der Waals surface area contributed by atoms with Crippen LogP contribution in [0, 0.1) is 5.92 Å². The summed E-state index contributed by atoms with van der Waals surface area (Å²) in [5.41, 5.74) is 0.989. The van der Waals surface area contributed by atoms with Crippen molar-refractivity contribution < 1.29 is 19.1 Å². The van der Waals surface area contributed by atoms with Gasteiger partial charge in [-0.05, 0) is 44.4 Å². The summed E-state index contributed by atoms with van der Waals surface area (Å²) in [6.45, 7) is 7.18. The Morgan fingerprint density at radius 3 is 2.21 bits per heavy atom. The first-order chi connectivity index (χ1) is 13.4. The number of likely N-dealkylation sites (tertiary alicyclic amines) is 1. The van der Waals surface area contributed by atoms with Crippen LogP contribution >= 0.6 is 0 Å². The number of urea groups is 1. The van der Waals surface area contributed by atoms with Gasteiger partial charge < -0.3 is 24.2 Å². The van der Waals surface area contributed by atoms with Gasteiger partial charge >= 0.3 is 6.03 Å². The van der Waals surface area contributed by atoms with Gasteiger partial charge in [-0.15, -0.1) is 0 Å². The fraction of sp³-hybridized carbons (Fsp3) is 0.619. The van der Waals surface area contributed by atoms with Crippen molar-refractivity contribution in [3.05, 3.63) is 23.8 Å². The quantitative estimate of drug-likeness (QED) is 0.717. The highest BCUT2D eigenvalue weighted by Crippen LogP contribution is 2.28. The second-order valence-corrected chi connectivity index (χ2v) is 7.10. The number of carbonyl (C=O) groups excluding carboxylic acids is 2. The maximum atomic E-state index is 12.9. The molecule has 0 radical (unpaired) electrons. The number of methoxy groups -OCH3 is 2. The van der Waals surface area contributed by atoms with E-state index in [0.29, 0.717) is 57.1 Å². The second kappa shape index (κ2) is 10.2. The molecule has 2 rings (SSSR count). The lowest BCUT2D eigenvalue weighted by atomic mass is 9.95. The van der Waals surface area contributed by atoms with Crippen LogP contribution in [0.3, 0.4) is 0 Å². The van der Waals surface area contributed by atoms with Crippen LogP contribution in [0.25, 0.3) is 0 Å². The molecule has 7 heteroatoms. The molecule has 0 aromatic heterocycles. The lowest BCUT2D eigenvalue weighted by Crippen LogP contribution is -2.48. The lowest BCUT2D eigenvalue weighted by molar-refractivity contribution is -0.136. The van der Waals surface area contributed by atoms with E-state index in [-0.39, 0.29) is 17.9 Å². The van der Waals surface area contributed by atoms with Gasteiger partial charge in [0.15, 0.2) is 11.5 Å². The molecule has 0 N–H and O–H groups in total. The number of benzene rings is 1. The van der Waals surface area contributed by atoms with Gasteiger partial charge in [0.25, 0.3) is 0 Å². The molecule has 1 fully saturated rings. The van der Waals surface area contributed by atoms with Crippen LogP contribution in [-0.2, 0) is 11.3 Å². The third-order valence-corrected chi connectivity index (χ3v) is 5.39. The molecule has 1 aliphatic rings. The Bertz CT molecular complexity index is 668. The monoisotopic (exact) mass is 391 g/mol. The molecule has 0 atom stereocenters. The fourth-order valence-electron chi connectivity index (χ4n) is 3.65. The normalized spacial score (nSPS) is 14.5.